The molecule has 0 bridgehead atoms. The summed E-state index contributed by atoms with van der Waals surface area (Å²) < 4.78 is 5.05. The third-order valence-electron chi connectivity index (χ3n) is 4.27. The van der Waals surface area contributed by atoms with E-state index in [1.807, 2.05) is 24.8 Å². The van der Waals surface area contributed by atoms with E-state index in [1.54, 1.807) is 30.3 Å². The molecule has 0 unspecified atom stereocenters. The highest BCUT2D eigenvalue weighted by molar-refractivity contribution is 5.89. The van der Waals surface area contributed by atoms with Gasteiger partial charge in [0.25, 0.3) is 5.91 Å². The Balaban J connectivity index is 1.84. The first-order valence-corrected chi connectivity index (χ1v) is 8.17. The Kier molecular flexibility index (Phi) is 6.14. The van der Waals surface area contributed by atoms with Crippen molar-refractivity contribution in [3.63, 3.8) is 0 Å². The van der Waals surface area contributed by atoms with Gasteiger partial charge in [0.05, 0.1) is 11.6 Å². The zero-order chi connectivity index (χ0) is 17.5. The zero-order valence-corrected chi connectivity index (χ0v) is 14.1. The summed E-state index contributed by atoms with van der Waals surface area (Å²) in [6.45, 7) is 3.82. The molecule has 24 heavy (non-hydrogen) atoms. The maximum Gasteiger partial charge on any atom is 0.331 e. The highest BCUT2D eigenvalue weighted by Crippen LogP contribution is 2.22. The van der Waals surface area contributed by atoms with Gasteiger partial charge < -0.3 is 9.64 Å². The molecule has 0 saturated carbocycles. The van der Waals surface area contributed by atoms with Gasteiger partial charge in [-0.15, -0.1) is 0 Å². The summed E-state index contributed by atoms with van der Waals surface area (Å²) in [5, 5.41) is 8.74. The quantitative estimate of drug-likeness (QED) is 0.630. The largest absolute Gasteiger partial charge is 0.452 e. The average Bonchev–Trinajstić information content (AvgIpc) is 2.58. The summed E-state index contributed by atoms with van der Waals surface area (Å²) in [6, 6.07) is 9.24. The van der Waals surface area contributed by atoms with Crippen LogP contribution >= 0.6 is 0 Å². The van der Waals surface area contributed by atoms with Crippen LogP contribution in [0.5, 0.6) is 0 Å². The zero-order valence-electron chi connectivity index (χ0n) is 14.1. The van der Waals surface area contributed by atoms with Crippen LogP contribution in [0, 0.1) is 11.3 Å². The van der Waals surface area contributed by atoms with Crippen LogP contribution in [-0.4, -0.2) is 35.5 Å². The van der Waals surface area contributed by atoms with E-state index >= 15 is 0 Å². The van der Waals surface area contributed by atoms with E-state index < -0.39 is 5.97 Å². The lowest BCUT2D eigenvalue weighted by Crippen LogP contribution is -2.49. The smallest absolute Gasteiger partial charge is 0.331 e. The maximum atomic E-state index is 12.3. The van der Waals surface area contributed by atoms with Crippen LogP contribution in [0.25, 0.3) is 6.08 Å². The summed E-state index contributed by atoms with van der Waals surface area (Å²) in [5.41, 5.74) is 1.35. The average molecular weight is 326 g/mol. The van der Waals surface area contributed by atoms with E-state index in [9.17, 15) is 9.59 Å². The summed E-state index contributed by atoms with van der Waals surface area (Å²) in [6.07, 6.45) is 5.99. The Labute approximate surface area is 142 Å². The standard InChI is InChI=1S/C19H22N2O3/c1-14-4-3-5-15(2)21(14)18(22)13-24-19(23)11-10-16-6-8-17(12-20)9-7-16/h6-11,14-15H,3-5,13H2,1-2H3/b11-10+/t14-,15+. The molecule has 0 aliphatic carbocycles. The van der Waals surface area contributed by atoms with E-state index in [1.165, 1.54) is 6.08 Å². The van der Waals surface area contributed by atoms with E-state index in [0.717, 1.165) is 24.8 Å². The van der Waals surface area contributed by atoms with Gasteiger partial charge >= 0.3 is 5.97 Å². The first kappa shape index (κ1) is 17.7. The van der Waals surface area contributed by atoms with Crippen molar-refractivity contribution in [2.24, 2.45) is 0 Å². The monoisotopic (exact) mass is 326 g/mol. The minimum Gasteiger partial charge on any atom is -0.452 e. The molecule has 0 N–H and O–H groups in total. The van der Waals surface area contributed by atoms with Crippen molar-refractivity contribution >= 4 is 18.0 Å². The molecule has 1 heterocycles. The molecule has 0 aromatic heterocycles. The number of hydrogen-bond acceptors (Lipinski definition) is 4. The van der Waals surface area contributed by atoms with Gasteiger partial charge in [-0.05, 0) is 56.9 Å². The lowest BCUT2D eigenvalue weighted by Gasteiger charge is -2.38. The number of ether oxygens (including phenoxy) is 1. The predicted octanol–water partition coefficient (Wildman–Crippen LogP) is 2.90. The van der Waals surface area contributed by atoms with E-state index in [4.69, 9.17) is 10.00 Å². The van der Waals surface area contributed by atoms with Crippen LogP contribution in [0.1, 0.15) is 44.2 Å². The molecular weight excluding hydrogens is 304 g/mol. The van der Waals surface area contributed by atoms with E-state index in [2.05, 4.69) is 0 Å². The fourth-order valence-electron chi connectivity index (χ4n) is 3.00. The molecule has 126 valence electrons. The Hall–Kier alpha value is -2.61. The second-order valence-electron chi connectivity index (χ2n) is 6.10. The Morgan fingerprint density at radius 3 is 2.46 bits per heavy atom. The number of piperidine rings is 1. The van der Waals surface area contributed by atoms with Gasteiger partial charge in [0.1, 0.15) is 0 Å². The molecule has 2 rings (SSSR count). The minimum atomic E-state index is -0.551. The van der Waals surface area contributed by atoms with Crippen molar-refractivity contribution in [2.45, 2.75) is 45.2 Å². The molecular formula is C19H22N2O3. The number of likely N-dealkylation sites (tertiary alicyclic amines) is 1. The second-order valence-corrected chi connectivity index (χ2v) is 6.10. The fraction of sp³-hybridized carbons (Fsp3) is 0.421. The van der Waals surface area contributed by atoms with Crippen molar-refractivity contribution in [2.75, 3.05) is 6.61 Å². The molecule has 1 aromatic carbocycles. The highest BCUT2D eigenvalue weighted by Gasteiger charge is 2.29. The van der Waals surface area contributed by atoms with Gasteiger partial charge in [0.15, 0.2) is 6.61 Å². The van der Waals surface area contributed by atoms with Crippen LogP contribution in [0.15, 0.2) is 30.3 Å². The number of nitriles is 1. The first-order chi connectivity index (χ1) is 11.5. The Bertz CT molecular complexity index is 648. The lowest BCUT2D eigenvalue weighted by atomic mass is 9.97. The summed E-state index contributed by atoms with van der Waals surface area (Å²) in [5.74, 6) is -0.695. The van der Waals surface area contributed by atoms with Crippen LogP contribution in [0.3, 0.4) is 0 Å². The number of nitrogens with zero attached hydrogens (tertiary/aromatic N) is 2. The summed E-state index contributed by atoms with van der Waals surface area (Å²) in [7, 11) is 0. The van der Waals surface area contributed by atoms with Gasteiger partial charge in [-0.25, -0.2) is 4.79 Å². The third kappa shape index (κ3) is 4.69. The number of carbonyl (C=O) groups excluding carboxylic acids is 2. The molecule has 1 amide bonds. The van der Waals surface area contributed by atoms with Crippen LogP contribution in [0.2, 0.25) is 0 Å². The van der Waals surface area contributed by atoms with E-state index in [-0.39, 0.29) is 24.6 Å². The molecule has 1 aromatic rings. The number of esters is 1. The Morgan fingerprint density at radius 1 is 1.25 bits per heavy atom. The van der Waals surface area contributed by atoms with Crippen molar-refractivity contribution in [3.05, 3.63) is 41.5 Å². The van der Waals surface area contributed by atoms with Gasteiger partial charge in [-0.1, -0.05) is 12.1 Å². The molecule has 0 radical (unpaired) electrons. The minimum absolute atomic E-state index is 0.144. The molecule has 5 heteroatoms. The molecule has 1 saturated heterocycles. The van der Waals surface area contributed by atoms with Crippen LogP contribution in [-0.2, 0) is 14.3 Å². The van der Waals surface area contributed by atoms with Crippen molar-refractivity contribution in [3.8, 4) is 6.07 Å². The molecule has 1 aliphatic rings. The van der Waals surface area contributed by atoms with Gasteiger partial charge in [0.2, 0.25) is 0 Å². The molecule has 1 aliphatic heterocycles. The third-order valence-corrected chi connectivity index (χ3v) is 4.27. The van der Waals surface area contributed by atoms with Crippen LogP contribution < -0.4 is 0 Å². The van der Waals surface area contributed by atoms with Gasteiger partial charge in [-0.2, -0.15) is 5.26 Å². The highest BCUT2D eigenvalue weighted by atomic mass is 16.5. The fourth-order valence-corrected chi connectivity index (χ4v) is 3.00. The van der Waals surface area contributed by atoms with Gasteiger partial charge in [-0.3, -0.25) is 4.79 Å². The molecule has 0 spiro atoms. The number of hydrogen-bond donors (Lipinski definition) is 0. The van der Waals surface area contributed by atoms with Gasteiger partial charge in [0, 0.05) is 18.2 Å². The summed E-state index contributed by atoms with van der Waals surface area (Å²) >= 11 is 0. The lowest BCUT2D eigenvalue weighted by molar-refractivity contribution is -0.151. The second kappa shape index (κ2) is 8.30. The number of benzene rings is 1. The van der Waals surface area contributed by atoms with Crippen molar-refractivity contribution in [1.82, 2.24) is 4.90 Å². The maximum absolute atomic E-state index is 12.3. The topological polar surface area (TPSA) is 70.4 Å². The Morgan fingerprint density at radius 2 is 1.88 bits per heavy atom. The van der Waals surface area contributed by atoms with Crippen molar-refractivity contribution < 1.29 is 14.3 Å². The number of rotatable bonds is 4. The molecule has 1 fully saturated rings. The summed E-state index contributed by atoms with van der Waals surface area (Å²) in [4.78, 5) is 25.8. The van der Waals surface area contributed by atoms with Crippen LogP contribution in [0.4, 0.5) is 0 Å². The molecule has 2 atom stereocenters. The normalized spacial score (nSPS) is 20.6. The SMILES string of the molecule is C[C@@H]1CCC[C@H](C)N1C(=O)COC(=O)/C=C/c1ccc(C#N)cc1. The predicted molar refractivity (Wildman–Crippen MR) is 90.8 cm³/mol. The number of carbonyl (C=O) groups is 2. The van der Waals surface area contributed by atoms with E-state index in [0.29, 0.717) is 5.56 Å². The molecule has 5 nitrogen and oxygen atoms in total. The van der Waals surface area contributed by atoms with Crippen molar-refractivity contribution in [1.29, 1.82) is 5.26 Å². The number of amides is 1. The first-order valence-electron chi connectivity index (χ1n) is 8.17.